The van der Waals surface area contributed by atoms with E-state index < -0.39 is 0 Å². The van der Waals surface area contributed by atoms with E-state index in [1.807, 2.05) is 12.2 Å². The van der Waals surface area contributed by atoms with Crippen molar-refractivity contribution in [3.8, 4) is 0 Å². The van der Waals surface area contributed by atoms with Gasteiger partial charge in [0.2, 0.25) is 0 Å². The molecular weight excluding hydrogens is 144 g/mol. The van der Waals surface area contributed by atoms with Crippen LogP contribution in [0.25, 0.3) is 0 Å². The van der Waals surface area contributed by atoms with E-state index in [4.69, 9.17) is 4.74 Å². The third-order valence-corrected chi connectivity index (χ3v) is 1.03. The third kappa shape index (κ3) is 9.33. The van der Waals surface area contributed by atoms with Crippen LogP contribution in [-0.4, -0.2) is 26.8 Å². The van der Waals surface area contributed by atoms with Gasteiger partial charge < -0.3 is 14.3 Å². The van der Waals surface area contributed by atoms with Crippen LogP contribution < -0.4 is 0 Å². The quantitative estimate of drug-likeness (QED) is 0.241. The predicted molar refractivity (Wildman–Crippen MR) is 42.3 cm³/mol. The number of allylic oxidation sites excluding steroid dienone is 1. The van der Waals surface area contributed by atoms with Crippen LogP contribution in [0.5, 0.6) is 0 Å². The van der Waals surface area contributed by atoms with E-state index >= 15 is 0 Å². The van der Waals surface area contributed by atoms with Crippen LogP contribution >= 0.6 is 0 Å². The molecule has 0 aliphatic carbocycles. The number of aldehydes is 1. The van der Waals surface area contributed by atoms with Crippen molar-refractivity contribution in [1.29, 1.82) is 0 Å². The monoisotopic (exact) mass is 158 g/mol. The number of unbranched alkanes of at least 4 members (excludes halogenated alkanes) is 1. The number of carbonyl (C=O) groups is 1. The normalized spacial score (nSPS) is 10.6. The Labute approximate surface area is 67.0 Å². The van der Waals surface area contributed by atoms with Crippen LogP contribution in [-0.2, 0) is 14.3 Å². The Kier molecular flexibility index (Phi) is 8.76. The first kappa shape index (κ1) is 10.3. The minimum Gasteiger partial charge on any atom is -0.359 e. The van der Waals surface area contributed by atoms with E-state index in [0.29, 0.717) is 19.8 Å². The summed E-state index contributed by atoms with van der Waals surface area (Å²) in [6.07, 6.45) is 6.08. The maximum absolute atomic E-state index is 9.85. The van der Waals surface area contributed by atoms with Gasteiger partial charge in [-0.2, -0.15) is 0 Å². The van der Waals surface area contributed by atoms with E-state index in [1.165, 1.54) is 0 Å². The van der Waals surface area contributed by atoms with Crippen molar-refractivity contribution in [3.63, 3.8) is 0 Å². The van der Waals surface area contributed by atoms with E-state index in [-0.39, 0.29) is 0 Å². The second kappa shape index (κ2) is 9.33. The lowest BCUT2D eigenvalue weighted by Crippen LogP contribution is -1.95. The molecule has 0 aliphatic heterocycles. The van der Waals surface area contributed by atoms with Crippen molar-refractivity contribution >= 4 is 6.29 Å². The molecule has 0 rings (SSSR count). The average Bonchev–Trinajstić information content (AvgIpc) is 2.03. The molecule has 0 saturated carbocycles. The third-order valence-electron chi connectivity index (χ3n) is 1.03. The predicted octanol–water partition coefficient (Wildman–Crippen LogP) is 1.14. The fraction of sp³-hybridized carbons (Fsp3) is 0.625. The molecule has 0 saturated heterocycles. The zero-order chi connectivity index (χ0) is 8.36. The smallest absolute Gasteiger partial charge is 0.146 e. The lowest BCUT2D eigenvalue weighted by atomic mass is 10.3. The summed E-state index contributed by atoms with van der Waals surface area (Å²) in [5.41, 5.74) is 0. The van der Waals surface area contributed by atoms with Crippen molar-refractivity contribution in [2.75, 3.05) is 20.5 Å². The Balaban J connectivity index is 2.97. The molecule has 0 bridgehead atoms. The Morgan fingerprint density at radius 1 is 1.27 bits per heavy atom. The number of carbonyl (C=O) groups excluding carboxylic acids is 1. The fourth-order valence-electron chi connectivity index (χ4n) is 0.550. The standard InChI is InChI=1S/C8H14O3/c1-10-8-11-7-5-3-2-4-6-9/h3,5-6H,2,4,7-8H2,1H3/b5-3-. The van der Waals surface area contributed by atoms with Gasteiger partial charge in [-0.3, -0.25) is 0 Å². The summed E-state index contributed by atoms with van der Waals surface area (Å²) in [6, 6.07) is 0. The van der Waals surface area contributed by atoms with E-state index in [1.54, 1.807) is 7.11 Å². The SMILES string of the molecule is COCOC/C=C\CCC=O. The van der Waals surface area contributed by atoms with Crippen molar-refractivity contribution in [1.82, 2.24) is 0 Å². The van der Waals surface area contributed by atoms with E-state index in [9.17, 15) is 4.79 Å². The van der Waals surface area contributed by atoms with Crippen molar-refractivity contribution in [2.24, 2.45) is 0 Å². The van der Waals surface area contributed by atoms with Crippen LogP contribution in [0, 0.1) is 0 Å². The van der Waals surface area contributed by atoms with E-state index in [2.05, 4.69) is 4.74 Å². The first-order chi connectivity index (χ1) is 5.41. The highest BCUT2D eigenvalue weighted by Crippen LogP contribution is 1.87. The highest BCUT2D eigenvalue weighted by molar-refractivity contribution is 5.49. The molecule has 11 heavy (non-hydrogen) atoms. The summed E-state index contributed by atoms with van der Waals surface area (Å²) >= 11 is 0. The van der Waals surface area contributed by atoms with Gasteiger partial charge in [-0.05, 0) is 6.42 Å². The second-order valence-electron chi connectivity index (χ2n) is 1.99. The van der Waals surface area contributed by atoms with Crippen molar-refractivity contribution in [2.45, 2.75) is 12.8 Å². The van der Waals surface area contributed by atoms with E-state index in [0.717, 1.165) is 12.7 Å². The van der Waals surface area contributed by atoms with Crippen LogP contribution in [0.1, 0.15) is 12.8 Å². The van der Waals surface area contributed by atoms with Crippen LogP contribution in [0.4, 0.5) is 0 Å². The second-order valence-corrected chi connectivity index (χ2v) is 1.99. The summed E-state index contributed by atoms with van der Waals surface area (Å²) in [5, 5.41) is 0. The maximum atomic E-state index is 9.85. The zero-order valence-electron chi connectivity index (χ0n) is 6.79. The Hall–Kier alpha value is -0.670. The molecule has 0 heterocycles. The first-order valence-electron chi connectivity index (χ1n) is 3.57. The molecule has 3 nitrogen and oxygen atoms in total. The molecule has 0 radical (unpaired) electrons. The van der Waals surface area contributed by atoms with Gasteiger partial charge in [0.15, 0.2) is 0 Å². The topological polar surface area (TPSA) is 35.5 Å². The molecular formula is C8H14O3. The first-order valence-corrected chi connectivity index (χ1v) is 3.57. The molecule has 0 aromatic heterocycles. The zero-order valence-corrected chi connectivity index (χ0v) is 6.79. The molecule has 0 spiro atoms. The Morgan fingerprint density at radius 2 is 2.09 bits per heavy atom. The van der Waals surface area contributed by atoms with Gasteiger partial charge >= 0.3 is 0 Å². The van der Waals surface area contributed by atoms with Gasteiger partial charge in [0, 0.05) is 13.5 Å². The largest absolute Gasteiger partial charge is 0.359 e. The highest BCUT2D eigenvalue weighted by atomic mass is 16.7. The summed E-state index contributed by atoms with van der Waals surface area (Å²) in [5.74, 6) is 0. The minimum atomic E-state index is 0.317. The van der Waals surface area contributed by atoms with Gasteiger partial charge in [0.1, 0.15) is 13.1 Å². The number of methoxy groups -OCH3 is 1. The number of hydrogen-bond acceptors (Lipinski definition) is 3. The van der Waals surface area contributed by atoms with Gasteiger partial charge in [0.05, 0.1) is 6.61 Å². The lowest BCUT2D eigenvalue weighted by Gasteiger charge is -1.95. The maximum Gasteiger partial charge on any atom is 0.146 e. The molecule has 0 amide bonds. The molecule has 0 aromatic rings. The van der Waals surface area contributed by atoms with Crippen molar-refractivity contribution < 1.29 is 14.3 Å². The van der Waals surface area contributed by atoms with Crippen LogP contribution in [0.3, 0.4) is 0 Å². The number of rotatable bonds is 7. The summed E-state index contributed by atoms with van der Waals surface area (Å²) in [7, 11) is 1.58. The molecule has 0 atom stereocenters. The summed E-state index contributed by atoms with van der Waals surface area (Å²) in [6.45, 7) is 0.866. The fourth-order valence-corrected chi connectivity index (χ4v) is 0.550. The molecule has 0 aromatic carbocycles. The van der Waals surface area contributed by atoms with Gasteiger partial charge in [-0.1, -0.05) is 12.2 Å². The van der Waals surface area contributed by atoms with Crippen molar-refractivity contribution in [3.05, 3.63) is 12.2 Å². The average molecular weight is 158 g/mol. The molecule has 3 heteroatoms. The van der Waals surface area contributed by atoms with Gasteiger partial charge in [0.25, 0.3) is 0 Å². The Bertz CT molecular complexity index is 110. The van der Waals surface area contributed by atoms with Gasteiger partial charge in [-0.15, -0.1) is 0 Å². The van der Waals surface area contributed by atoms with Crippen LogP contribution in [0.15, 0.2) is 12.2 Å². The summed E-state index contributed by atoms with van der Waals surface area (Å²) in [4.78, 5) is 9.85. The Morgan fingerprint density at radius 3 is 2.73 bits per heavy atom. The van der Waals surface area contributed by atoms with Crippen LogP contribution in [0.2, 0.25) is 0 Å². The summed E-state index contributed by atoms with van der Waals surface area (Å²) < 4.78 is 9.62. The molecule has 0 aliphatic rings. The molecule has 0 N–H and O–H groups in total. The minimum absolute atomic E-state index is 0.317. The molecule has 64 valence electrons. The lowest BCUT2D eigenvalue weighted by molar-refractivity contribution is -0.107. The molecule has 0 fully saturated rings. The number of hydrogen-bond donors (Lipinski definition) is 0. The highest BCUT2D eigenvalue weighted by Gasteiger charge is 1.79. The van der Waals surface area contributed by atoms with Gasteiger partial charge in [-0.25, -0.2) is 0 Å². The number of ether oxygens (including phenoxy) is 2. The molecule has 0 unspecified atom stereocenters.